The fourth-order valence-electron chi connectivity index (χ4n) is 2.21. The second-order valence-electron chi connectivity index (χ2n) is 5.13. The number of carbonyl (C=O) groups is 1. The lowest BCUT2D eigenvalue weighted by molar-refractivity contribution is 0.235. The van der Waals surface area contributed by atoms with Crippen molar-refractivity contribution in [2.24, 2.45) is 0 Å². The minimum Gasteiger partial charge on any atom is -0.497 e. The van der Waals surface area contributed by atoms with Crippen LogP contribution in [0.1, 0.15) is 12.5 Å². The van der Waals surface area contributed by atoms with Crippen molar-refractivity contribution in [3.63, 3.8) is 0 Å². The van der Waals surface area contributed by atoms with Gasteiger partial charge in [-0.1, -0.05) is 0 Å². The highest BCUT2D eigenvalue weighted by Gasteiger charge is 2.10. The summed E-state index contributed by atoms with van der Waals surface area (Å²) in [6, 6.07) is 7.04. The number of benzene rings is 1. The summed E-state index contributed by atoms with van der Waals surface area (Å²) in [4.78, 5) is 12.0. The number of nitrogens with zero attached hydrogens (tertiary/aromatic N) is 2. The molecule has 0 saturated carbocycles. The molecular formula is C16H22N4O3. The number of methoxy groups -OCH3 is 2. The topological polar surface area (TPSA) is 77.4 Å². The summed E-state index contributed by atoms with van der Waals surface area (Å²) < 4.78 is 12.3. The van der Waals surface area contributed by atoms with Crippen molar-refractivity contribution in [2.75, 3.05) is 14.2 Å². The zero-order valence-electron chi connectivity index (χ0n) is 13.6. The minimum absolute atomic E-state index is 0.0397. The van der Waals surface area contributed by atoms with Crippen LogP contribution in [0, 0.1) is 0 Å². The molecule has 0 fully saturated rings. The van der Waals surface area contributed by atoms with E-state index in [0.717, 1.165) is 11.3 Å². The highest BCUT2D eigenvalue weighted by molar-refractivity contribution is 5.74. The molecule has 0 aliphatic rings. The van der Waals surface area contributed by atoms with Gasteiger partial charge in [0.25, 0.3) is 0 Å². The van der Waals surface area contributed by atoms with Crippen LogP contribution in [-0.4, -0.2) is 36.1 Å². The molecule has 0 bridgehead atoms. The molecule has 0 unspecified atom stereocenters. The van der Waals surface area contributed by atoms with Crippen molar-refractivity contribution in [1.82, 2.24) is 20.4 Å². The van der Waals surface area contributed by atoms with E-state index in [1.54, 1.807) is 25.1 Å². The number of nitrogens with one attached hydrogen (secondary N) is 2. The van der Waals surface area contributed by atoms with Crippen molar-refractivity contribution in [3.05, 3.63) is 42.2 Å². The molecule has 124 valence electrons. The number of amides is 2. The summed E-state index contributed by atoms with van der Waals surface area (Å²) in [6.45, 7) is 2.89. The zero-order chi connectivity index (χ0) is 16.7. The first-order valence-electron chi connectivity index (χ1n) is 7.35. The third kappa shape index (κ3) is 4.91. The molecular weight excluding hydrogens is 296 g/mol. The van der Waals surface area contributed by atoms with Gasteiger partial charge in [0.1, 0.15) is 11.5 Å². The van der Waals surface area contributed by atoms with Gasteiger partial charge >= 0.3 is 6.03 Å². The summed E-state index contributed by atoms with van der Waals surface area (Å²) in [7, 11) is 3.19. The van der Waals surface area contributed by atoms with E-state index in [1.165, 1.54) is 0 Å². The van der Waals surface area contributed by atoms with E-state index in [-0.39, 0.29) is 12.1 Å². The van der Waals surface area contributed by atoms with Crippen LogP contribution >= 0.6 is 0 Å². The third-order valence-electron chi connectivity index (χ3n) is 3.32. The van der Waals surface area contributed by atoms with Crippen LogP contribution in [0.2, 0.25) is 0 Å². The Hall–Kier alpha value is -2.70. The molecule has 0 spiro atoms. The fraction of sp³-hybridized carbons (Fsp3) is 0.375. The SMILES string of the molecule is COc1ccc(OC)c(CNC(=O)N[C@@H](C)Cn2cccn2)c1. The summed E-state index contributed by atoms with van der Waals surface area (Å²) in [6.07, 6.45) is 3.57. The lowest BCUT2D eigenvalue weighted by atomic mass is 10.2. The molecule has 2 N–H and O–H groups in total. The van der Waals surface area contributed by atoms with Crippen molar-refractivity contribution in [1.29, 1.82) is 0 Å². The largest absolute Gasteiger partial charge is 0.497 e. The van der Waals surface area contributed by atoms with E-state index in [9.17, 15) is 4.79 Å². The molecule has 7 nitrogen and oxygen atoms in total. The van der Waals surface area contributed by atoms with Crippen LogP contribution in [-0.2, 0) is 13.1 Å². The van der Waals surface area contributed by atoms with E-state index in [4.69, 9.17) is 9.47 Å². The Labute approximate surface area is 135 Å². The quantitative estimate of drug-likeness (QED) is 0.816. The van der Waals surface area contributed by atoms with Crippen LogP contribution in [0.25, 0.3) is 0 Å². The number of hydrogen-bond donors (Lipinski definition) is 2. The smallest absolute Gasteiger partial charge is 0.315 e. The van der Waals surface area contributed by atoms with Crippen LogP contribution in [0.5, 0.6) is 11.5 Å². The van der Waals surface area contributed by atoms with Gasteiger partial charge in [-0.25, -0.2) is 4.79 Å². The number of rotatable bonds is 7. The maximum Gasteiger partial charge on any atom is 0.315 e. The first-order valence-corrected chi connectivity index (χ1v) is 7.35. The van der Waals surface area contributed by atoms with Crippen molar-refractivity contribution in [2.45, 2.75) is 26.1 Å². The molecule has 2 rings (SSSR count). The average Bonchev–Trinajstić information content (AvgIpc) is 3.05. The van der Waals surface area contributed by atoms with Gasteiger partial charge in [0, 0.05) is 30.5 Å². The number of aromatic nitrogens is 2. The second kappa shape index (κ2) is 8.07. The Kier molecular flexibility index (Phi) is 5.85. The summed E-state index contributed by atoms with van der Waals surface area (Å²) in [5, 5.41) is 9.81. The van der Waals surface area contributed by atoms with Crippen molar-refractivity contribution in [3.8, 4) is 11.5 Å². The summed E-state index contributed by atoms with van der Waals surface area (Å²) >= 11 is 0. The van der Waals surface area contributed by atoms with Crippen LogP contribution in [0.15, 0.2) is 36.7 Å². The normalized spacial score (nSPS) is 11.6. The number of carbonyl (C=O) groups excluding carboxylic acids is 1. The zero-order valence-corrected chi connectivity index (χ0v) is 13.6. The van der Waals surface area contributed by atoms with E-state index >= 15 is 0 Å². The van der Waals surface area contributed by atoms with Crippen molar-refractivity contribution < 1.29 is 14.3 Å². The van der Waals surface area contributed by atoms with Crippen LogP contribution in [0.4, 0.5) is 4.79 Å². The predicted molar refractivity (Wildman–Crippen MR) is 86.6 cm³/mol. The van der Waals surface area contributed by atoms with Gasteiger partial charge in [-0.3, -0.25) is 4.68 Å². The number of ether oxygens (including phenoxy) is 2. The summed E-state index contributed by atoms with van der Waals surface area (Å²) in [5.41, 5.74) is 0.849. The lowest BCUT2D eigenvalue weighted by Crippen LogP contribution is -2.42. The van der Waals surface area contributed by atoms with Gasteiger partial charge < -0.3 is 20.1 Å². The minimum atomic E-state index is -0.241. The molecule has 7 heteroatoms. The average molecular weight is 318 g/mol. The van der Waals surface area contributed by atoms with Crippen LogP contribution in [0.3, 0.4) is 0 Å². The maximum atomic E-state index is 12.0. The first kappa shape index (κ1) is 16.7. The van der Waals surface area contributed by atoms with Gasteiger partial charge in [-0.15, -0.1) is 0 Å². The molecule has 23 heavy (non-hydrogen) atoms. The molecule has 0 aliphatic carbocycles. The maximum absolute atomic E-state index is 12.0. The Morgan fingerprint density at radius 1 is 1.35 bits per heavy atom. The molecule has 1 aromatic carbocycles. The van der Waals surface area contributed by atoms with Crippen LogP contribution < -0.4 is 20.1 Å². The van der Waals surface area contributed by atoms with E-state index in [2.05, 4.69) is 15.7 Å². The Morgan fingerprint density at radius 2 is 2.17 bits per heavy atom. The first-order chi connectivity index (χ1) is 11.1. The molecule has 1 aromatic heterocycles. The highest BCUT2D eigenvalue weighted by Crippen LogP contribution is 2.23. The molecule has 0 radical (unpaired) electrons. The van der Waals surface area contributed by atoms with E-state index in [1.807, 2.05) is 37.4 Å². The molecule has 2 amide bonds. The molecule has 0 aliphatic heterocycles. The molecule has 0 saturated heterocycles. The lowest BCUT2D eigenvalue weighted by Gasteiger charge is -2.16. The predicted octanol–water partition coefficient (Wildman–Crippen LogP) is 1.79. The van der Waals surface area contributed by atoms with Gasteiger partial charge in [0.05, 0.1) is 20.8 Å². The fourth-order valence-corrected chi connectivity index (χ4v) is 2.21. The Balaban J connectivity index is 1.86. The Bertz CT molecular complexity index is 628. The van der Waals surface area contributed by atoms with Gasteiger partial charge in [-0.2, -0.15) is 5.10 Å². The molecule has 2 aromatic rings. The summed E-state index contributed by atoms with van der Waals surface area (Å²) in [5.74, 6) is 1.42. The number of urea groups is 1. The molecule has 1 atom stereocenters. The highest BCUT2D eigenvalue weighted by atomic mass is 16.5. The van der Waals surface area contributed by atoms with Gasteiger partial charge in [-0.05, 0) is 31.2 Å². The Morgan fingerprint density at radius 3 is 2.83 bits per heavy atom. The molecule has 1 heterocycles. The standard InChI is InChI=1S/C16H22N4O3/c1-12(11-20-8-4-7-18-20)19-16(21)17-10-13-9-14(22-2)5-6-15(13)23-3/h4-9,12H,10-11H2,1-3H3,(H2,17,19,21)/t12-/m0/s1. The van der Waals surface area contributed by atoms with Gasteiger partial charge in [0.2, 0.25) is 0 Å². The van der Waals surface area contributed by atoms with Gasteiger partial charge in [0.15, 0.2) is 0 Å². The third-order valence-corrected chi connectivity index (χ3v) is 3.32. The monoisotopic (exact) mass is 318 g/mol. The second-order valence-corrected chi connectivity index (χ2v) is 5.13. The van der Waals surface area contributed by atoms with E-state index in [0.29, 0.717) is 18.8 Å². The van der Waals surface area contributed by atoms with E-state index < -0.39 is 0 Å². The number of hydrogen-bond acceptors (Lipinski definition) is 4. The van der Waals surface area contributed by atoms with Crippen molar-refractivity contribution >= 4 is 6.03 Å².